The summed E-state index contributed by atoms with van der Waals surface area (Å²) in [5.41, 5.74) is 1.18. The number of hydrogen-bond donors (Lipinski definition) is 3. The summed E-state index contributed by atoms with van der Waals surface area (Å²) in [6.07, 6.45) is 1.80. The number of carbonyl (C=O) groups excluding carboxylic acids is 1. The summed E-state index contributed by atoms with van der Waals surface area (Å²) < 4.78 is 0. The Labute approximate surface area is 126 Å². The molecule has 0 spiro atoms. The van der Waals surface area contributed by atoms with Crippen molar-refractivity contribution in [2.24, 2.45) is 0 Å². The monoisotopic (exact) mass is 291 g/mol. The number of carbonyl (C=O) groups is 1. The Bertz CT molecular complexity index is 441. The van der Waals surface area contributed by atoms with E-state index in [0.29, 0.717) is 6.54 Å². The molecule has 3 N–H and O–H groups in total. The van der Waals surface area contributed by atoms with Crippen LogP contribution in [0.15, 0.2) is 24.3 Å². The molecule has 1 saturated heterocycles. The number of nitrogens with one attached hydrogen (secondary N) is 2. The molecule has 5 nitrogen and oxygen atoms in total. The molecule has 0 saturated carbocycles. The fourth-order valence-electron chi connectivity index (χ4n) is 2.51. The Morgan fingerprint density at radius 1 is 1.33 bits per heavy atom. The molecule has 116 valence electrons. The van der Waals surface area contributed by atoms with Gasteiger partial charge in [0.25, 0.3) is 0 Å². The highest BCUT2D eigenvalue weighted by atomic mass is 16.3. The number of piperazine rings is 1. The van der Waals surface area contributed by atoms with Crippen LogP contribution in [0.25, 0.3) is 0 Å². The van der Waals surface area contributed by atoms with E-state index in [2.05, 4.69) is 15.5 Å². The standard InChI is InChI=1S/C16H25N3O2/c1-13(2-3-14-4-6-15(20)7-5-14)18-16(21)12-19-10-8-17-9-11-19/h4-7,13,17,20H,2-3,8-12H2,1H3,(H,18,21). The number of phenolic OH excluding ortho intramolecular Hbond substituents is 1. The molecular weight excluding hydrogens is 266 g/mol. The van der Waals surface area contributed by atoms with E-state index in [0.717, 1.165) is 39.0 Å². The second-order valence-corrected chi connectivity index (χ2v) is 5.70. The molecular formula is C16H25N3O2. The molecule has 1 aliphatic rings. The van der Waals surface area contributed by atoms with Crippen molar-refractivity contribution in [1.29, 1.82) is 0 Å². The molecule has 1 heterocycles. The van der Waals surface area contributed by atoms with Gasteiger partial charge in [0.05, 0.1) is 6.54 Å². The second kappa shape index (κ2) is 8.00. The number of aromatic hydroxyl groups is 1. The highest BCUT2D eigenvalue weighted by Gasteiger charge is 2.14. The molecule has 0 aliphatic carbocycles. The minimum atomic E-state index is 0.107. The van der Waals surface area contributed by atoms with Crippen molar-refractivity contribution >= 4 is 5.91 Å². The van der Waals surface area contributed by atoms with Gasteiger partial charge >= 0.3 is 0 Å². The molecule has 1 atom stereocenters. The fraction of sp³-hybridized carbons (Fsp3) is 0.562. The van der Waals surface area contributed by atoms with E-state index >= 15 is 0 Å². The van der Waals surface area contributed by atoms with Gasteiger partial charge in [-0.25, -0.2) is 0 Å². The summed E-state index contributed by atoms with van der Waals surface area (Å²) >= 11 is 0. The molecule has 2 rings (SSSR count). The lowest BCUT2D eigenvalue weighted by molar-refractivity contribution is -0.123. The van der Waals surface area contributed by atoms with Crippen LogP contribution in [0.2, 0.25) is 0 Å². The van der Waals surface area contributed by atoms with Crippen molar-refractivity contribution in [3.8, 4) is 5.75 Å². The van der Waals surface area contributed by atoms with Gasteiger partial charge in [-0.2, -0.15) is 0 Å². The topological polar surface area (TPSA) is 64.6 Å². The second-order valence-electron chi connectivity index (χ2n) is 5.70. The number of amides is 1. The van der Waals surface area contributed by atoms with Gasteiger partial charge in [0.1, 0.15) is 5.75 Å². The van der Waals surface area contributed by atoms with Crippen LogP contribution in [0, 0.1) is 0 Å². The van der Waals surface area contributed by atoms with E-state index in [1.165, 1.54) is 5.56 Å². The first kappa shape index (κ1) is 15.8. The number of hydrogen-bond acceptors (Lipinski definition) is 4. The Morgan fingerprint density at radius 2 is 2.00 bits per heavy atom. The minimum absolute atomic E-state index is 0.107. The highest BCUT2D eigenvalue weighted by molar-refractivity contribution is 5.78. The largest absolute Gasteiger partial charge is 0.508 e. The van der Waals surface area contributed by atoms with Crippen LogP contribution in [-0.2, 0) is 11.2 Å². The normalized spacial score (nSPS) is 17.4. The van der Waals surface area contributed by atoms with Crippen LogP contribution >= 0.6 is 0 Å². The van der Waals surface area contributed by atoms with Crippen LogP contribution in [0.4, 0.5) is 0 Å². The van der Waals surface area contributed by atoms with Crippen molar-refractivity contribution in [3.05, 3.63) is 29.8 Å². The van der Waals surface area contributed by atoms with Gasteiger partial charge in [0.2, 0.25) is 5.91 Å². The third-order valence-electron chi connectivity index (χ3n) is 3.79. The average Bonchev–Trinajstić information content (AvgIpc) is 2.47. The summed E-state index contributed by atoms with van der Waals surface area (Å²) in [6.45, 7) is 6.33. The van der Waals surface area contributed by atoms with E-state index in [1.54, 1.807) is 12.1 Å². The first-order chi connectivity index (χ1) is 10.1. The third-order valence-corrected chi connectivity index (χ3v) is 3.79. The van der Waals surface area contributed by atoms with Crippen LogP contribution in [0.1, 0.15) is 18.9 Å². The Hall–Kier alpha value is -1.59. The molecule has 1 aliphatic heterocycles. The number of phenols is 1. The number of nitrogens with zero attached hydrogens (tertiary/aromatic N) is 1. The van der Waals surface area contributed by atoms with Gasteiger partial charge in [-0.3, -0.25) is 9.69 Å². The van der Waals surface area contributed by atoms with Crippen LogP contribution in [0.3, 0.4) is 0 Å². The van der Waals surface area contributed by atoms with Crippen LogP contribution < -0.4 is 10.6 Å². The molecule has 21 heavy (non-hydrogen) atoms. The highest BCUT2D eigenvalue weighted by Crippen LogP contribution is 2.11. The predicted molar refractivity (Wildman–Crippen MR) is 83.3 cm³/mol. The lowest BCUT2D eigenvalue weighted by Crippen LogP contribution is -2.48. The summed E-state index contributed by atoms with van der Waals surface area (Å²) in [6, 6.07) is 7.40. The molecule has 0 radical (unpaired) electrons. The average molecular weight is 291 g/mol. The van der Waals surface area contributed by atoms with Gasteiger partial charge in [-0.05, 0) is 37.5 Å². The fourth-order valence-corrected chi connectivity index (χ4v) is 2.51. The number of benzene rings is 1. The van der Waals surface area contributed by atoms with Gasteiger partial charge < -0.3 is 15.7 Å². The first-order valence-corrected chi connectivity index (χ1v) is 7.64. The van der Waals surface area contributed by atoms with Crippen molar-refractivity contribution < 1.29 is 9.90 Å². The van der Waals surface area contributed by atoms with Gasteiger partial charge in [0.15, 0.2) is 0 Å². The maximum Gasteiger partial charge on any atom is 0.234 e. The zero-order chi connectivity index (χ0) is 15.1. The number of aryl methyl sites for hydroxylation is 1. The minimum Gasteiger partial charge on any atom is -0.508 e. The van der Waals surface area contributed by atoms with Crippen molar-refractivity contribution in [1.82, 2.24) is 15.5 Å². The lowest BCUT2D eigenvalue weighted by atomic mass is 10.1. The maximum absolute atomic E-state index is 12.0. The quantitative estimate of drug-likeness (QED) is 0.723. The smallest absolute Gasteiger partial charge is 0.234 e. The molecule has 1 fully saturated rings. The molecule has 1 unspecified atom stereocenters. The maximum atomic E-state index is 12.0. The van der Waals surface area contributed by atoms with E-state index in [4.69, 9.17) is 0 Å². The molecule has 0 aromatic heterocycles. The molecule has 1 aromatic carbocycles. The zero-order valence-electron chi connectivity index (χ0n) is 12.6. The summed E-state index contributed by atoms with van der Waals surface area (Å²) in [4.78, 5) is 14.2. The summed E-state index contributed by atoms with van der Waals surface area (Å²) in [5, 5.41) is 15.6. The Kier molecular flexibility index (Phi) is 6.02. The third kappa shape index (κ3) is 5.73. The molecule has 5 heteroatoms. The zero-order valence-corrected chi connectivity index (χ0v) is 12.6. The van der Waals surface area contributed by atoms with Crippen molar-refractivity contribution in [2.45, 2.75) is 25.8 Å². The lowest BCUT2D eigenvalue weighted by Gasteiger charge is -2.27. The van der Waals surface area contributed by atoms with Crippen molar-refractivity contribution in [3.63, 3.8) is 0 Å². The SMILES string of the molecule is CC(CCc1ccc(O)cc1)NC(=O)CN1CCNCC1. The first-order valence-electron chi connectivity index (χ1n) is 7.64. The van der Waals surface area contributed by atoms with Crippen LogP contribution in [-0.4, -0.2) is 54.7 Å². The van der Waals surface area contributed by atoms with Gasteiger partial charge in [-0.15, -0.1) is 0 Å². The molecule has 1 aromatic rings. The Balaban J connectivity index is 1.67. The van der Waals surface area contributed by atoms with E-state index in [9.17, 15) is 9.90 Å². The van der Waals surface area contributed by atoms with Crippen molar-refractivity contribution in [2.75, 3.05) is 32.7 Å². The molecule has 0 bridgehead atoms. The van der Waals surface area contributed by atoms with E-state index in [1.807, 2.05) is 19.1 Å². The van der Waals surface area contributed by atoms with Gasteiger partial charge in [-0.1, -0.05) is 12.1 Å². The van der Waals surface area contributed by atoms with E-state index in [-0.39, 0.29) is 17.7 Å². The Morgan fingerprint density at radius 3 is 2.67 bits per heavy atom. The van der Waals surface area contributed by atoms with Gasteiger partial charge in [0, 0.05) is 32.2 Å². The summed E-state index contributed by atoms with van der Waals surface area (Å²) in [7, 11) is 0. The number of rotatable bonds is 6. The van der Waals surface area contributed by atoms with E-state index < -0.39 is 0 Å². The molecule has 1 amide bonds. The summed E-state index contributed by atoms with van der Waals surface area (Å²) in [5.74, 6) is 0.395. The van der Waals surface area contributed by atoms with Crippen LogP contribution in [0.5, 0.6) is 5.75 Å². The predicted octanol–water partition coefficient (Wildman–Crippen LogP) is 0.735.